The number of β-lactam (4-membered cyclic amide) rings is 1. The lowest BCUT2D eigenvalue weighted by Gasteiger charge is -2.49. The van der Waals surface area contributed by atoms with Crippen molar-refractivity contribution in [3.63, 3.8) is 0 Å². The van der Waals surface area contributed by atoms with Crippen LogP contribution < -0.4 is 10.6 Å². The van der Waals surface area contributed by atoms with Gasteiger partial charge in [0.05, 0.1) is 0 Å². The van der Waals surface area contributed by atoms with E-state index in [9.17, 15) is 29.4 Å². The number of rotatable bonds is 9. The number of carbonyl (C=O) groups excluding carboxylic acids is 3. The van der Waals surface area contributed by atoms with Crippen LogP contribution in [-0.4, -0.2) is 92.2 Å². The van der Waals surface area contributed by atoms with E-state index >= 15 is 0 Å². The molecule has 0 bridgehead atoms. The molecule has 16 nitrogen and oxygen atoms in total. The lowest BCUT2D eigenvalue weighted by Crippen LogP contribution is -2.71. The van der Waals surface area contributed by atoms with Crippen molar-refractivity contribution < 1.29 is 34.0 Å². The van der Waals surface area contributed by atoms with E-state index in [1.54, 1.807) is 37.4 Å². The number of carboxylic acids is 1. The fraction of sp³-hybridized carbons (Fsp3) is 0.286. The maximum atomic E-state index is 13.3. The van der Waals surface area contributed by atoms with Gasteiger partial charge >= 0.3 is 5.97 Å². The number of nitrogens with one attached hydrogen (secondary N) is 2. The quantitative estimate of drug-likeness (QED) is 0.184. The third-order valence-corrected chi connectivity index (χ3v) is 8.30. The predicted octanol–water partition coefficient (Wildman–Crippen LogP) is -0.699. The zero-order chi connectivity index (χ0) is 27.7. The number of carboxylic acid groups (broad SMARTS) is 1. The molecule has 3 amide bonds. The Kier molecular flexibility index (Phi) is 7.20. The number of nitrogens with zero attached hydrogens (tertiary/aromatic N) is 7. The molecule has 2 aromatic heterocycles. The number of carbonyl (C=O) groups is 4. The molecule has 39 heavy (non-hydrogen) atoms. The number of tetrazole rings is 1. The van der Waals surface area contributed by atoms with Crippen molar-refractivity contribution in [2.75, 3.05) is 11.5 Å². The Balaban J connectivity index is 1.32. The van der Waals surface area contributed by atoms with E-state index in [-0.39, 0.29) is 11.4 Å². The highest BCUT2D eigenvalue weighted by Crippen LogP contribution is 2.41. The summed E-state index contributed by atoms with van der Waals surface area (Å²) in [6, 6.07) is 5.92. The van der Waals surface area contributed by atoms with Crippen LogP contribution in [0.3, 0.4) is 0 Å². The predicted molar refractivity (Wildman–Crippen MR) is 132 cm³/mol. The highest BCUT2D eigenvalue weighted by atomic mass is 32.2. The van der Waals surface area contributed by atoms with Crippen molar-refractivity contribution in [3.05, 3.63) is 52.9 Å². The Morgan fingerprint density at radius 3 is 2.67 bits per heavy atom. The van der Waals surface area contributed by atoms with Crippen LogP contribution in [0.2, 0.25) is 0 Å². The Bertz CT molecular complexity index is 1470. The smallest absolute Gasteiger partial charge is 0.352 e. The summed E-state index contributed by atoms with van der Waals surface area (Å²) >= 11 is 2.54. The number of thioether (sulfide) groups is 2. The number of aryl methyl sites for hydroxylation is 1. The van der Waals surface area contributed by atoms with E-state index in [1.165, 1.54) is 28.2 Å². The van der Waals surface area contributed by atoms with Crippen LogP contribution in [0.4, 0.5) is 0 Å². The zero-order valence-electron chi connectivity index (χ0n) is 19.9. The van der Waals surface area contributed by atoms with Gasteiger partial charge in [0, 0.05) is 18.6 Å². The third kappa shape index (κ3) is 5.02. The van der Waals surface area contributed by atoms with Gasteiger partial charge in [0.1, 0.15) is 23.2 Å². The van der Waals surface area contributed by atoms with Gasteiger partial charge in [0.25, 0.3) is 17.7 Å². The number of hydrogen-bond donors (Lipinski definition) is 4. The second-order valence-electron chi connectivity index (χ2n) is 8.28. The van der Waals surface area contributed by atoms with Crippen molar-refractivity contribution in [2.45, 2.75) is 22.6 Å². The molecule has 0 radical (unpaired) electrons. The van der Waals surface area contributed by atoms with Crippen LogP contribution in [0.1, 0.15) is 22.1 Å². The summed E-state index contributed by atoms with van der Waals surface area (Å²) in [5.41, 5.74) is 0.253. The molecule has 18 heteroatoms. The Labute approximate surface area is 227 Å². The molecule has 0 spiro atoms. The third-order valence-electron chi connectivity index (χ3n) is 5.86. The summed E-state index contributed by atoms with van der Waals surface area (Å²) in [6.45, 7) is 0. The maximum Gasteiger partial charge on any atom is 0.352 e. The van der Waals surface area contributed by atoms with E-state index in [0.717, 1.165) is 4.90 Å². The van der Waals surface area contributed by atoms with Crippen molar-refractivity contribution in [2.24, 2.45) is 7.05 Å². The maximum absolute atomic E-state index is 13.3. The van der Waals surface area contributed by atoms with Crippen molar-refractivity contribution in [3.8, 4) is 5.88 Å². The molecule has 202 valence electrons. The largest absolute Gasteiger partial charge is 0.489 e. The number of aromatic nitrogens is 6. The van der Waals surface area contributed by atoms with Gasteiger partial charge in [-0.3, -0.25) is 19.3 Å². The zero-order valence-corrected chi connectivity index (χ0v) is 21.5. The minimum Gasteiger partial charge on any atom is -0.489 e. The Morgan fingerprint density at radius 2 is 2.03 bits per heavy atom. The SMILES string of the molecule is Cn1nnnc1SCC1=C(C(=O)O)N2C(=O)C(NC(=O)C(NC(=O)c3nonc3O)c3ccccc3)[C@@H]2SC1. The van der Waals surface area contributed by atoms with Gasteiger partial charge in [-0.25, -0.2) is 14.1 Å². The first-order valence-electron chi connectivity index (χ1n) is 11.2. The van der Waals surface area contributed by atoms with Gasteiger partial charge in [-0.2, -0.15) is 0 Å². The van der Waals surface area contributed by atoms with Crippen molar-refractivity contribution >= 4 is 47.2 Å². The van der Waals surface area contributed by atoms with Gasteiger partial charge in [0.2, 0.25) is 16.8 Å². The molecule has 4 N–H and O–H groups in total. The fourth-order valence-electron chi connectivity index (χ4n) is 4.00. The molecular weight excluding hydrogens is 554 g/mol. The first kappa shape index (κ1) is 26.2. The Morgan fingerprint density at radius 1 is 1.26 bits per heavy atom. The average Bonchev–Trinajstić information content (AvgIpc) is 3.55. The van der Waals surface area contributed by atoms with E-state index in [0.29, 0.717) is 22.0 Å². The van der Waals surface area contributed by atoms with Crippen LogP contribution in [0, 0.1) is 0 Å². The van der Waals surface area contributed by atoms with Crippen molar-refractivity contribution in [1.82, 2.24) is 46.1 Å². The number of hydrogen-bond acceptors (Lipinski definition) is 13. The van der Waals surface area contributed by atoms with E-state index in [4.69, 9.17) is 0 Å². The summed E-state index contributed by atoms with van der Waals surface area (Å²) in [7, 11) is 1.66. The highest BCUT2D eigenvalue weighted by Gasteiger charge is 2.54. The molecule has 5 rings (SSSR count). The molecule has 2 unspecified atom stereocenters. The molecular formula is C21H19N9O7S2. The monoisotopic (exact) mass is 573 g/mol. The van der Waals surface area contributed by atoms with Crippen LogP contribution in [-0.2, 0) is 21.4 Å². The molecule has 1 fully saturated rings. The molecule has 1 aromatic carbocycles. The molecule has 0 aliphatic carbocycles. The number of aromatic hydroxyl groups is 1. The molecule has 4 heterocycles. The summed E-state index contributed by atoms with van der Waals surface area (Å²) in [4.78, 5) is 52.3. The number of aliphatic carboxylic acids is 1. The number of fused-ring (bicyclic) bond motifs is 1. The molecule has 1 saturated heterocycles. The number of benzene rings is 1. The lowest BCUT2D eigenvalue weighted by molar-refractivity contribution is -0.151. The minimum absolute atomic E-state index is 0.140. The highest BCUT2D eigenvalue weighted by molar-refractivity contribution is 8.01. The van der Waals surface area contributed by atoms with E-state index < -0.39 is 52.7 Å². The molecule has 2 aliphatic heterocycles. The second-order valence-corrected chi connectivity index (χ2v) is 10.3. The summed E-state index contributed by atoms with van der Waals surface area (Å²) in [6.07, 6.45) is 0. The minimum atomic E-state index is -1.27. The van der Waals surface area contributed by atoms with Crippen LogP contribution >= 0.6 is 23.5 Å². The van der Waals surface area contributed by atoms with Crippen LogP contribution in [0.5, 0.6) is 5.88 Å². The first-order chi connectivity index (χ1) is 18.8. The van der Waals surface area contributed by atoms with Gasteiger partial charge in [-0.1, -0.05) is 42.1 Å². The van der Waals surface area contributed by atoms with Gasteiger partial charge in [0.15, 0.2) is 0 Å². The standard InChI is InChI=1S/C21H19N9O7S2/c1-29-21(24-27-28-29)39-8-10-7-38-19-13(18(34)30(19)14(10)20(35)36)23-15(31)11(9-5-3-2-4-6-9)22-16(32)12-17(33)26-37-25-12/h2-6,11,13,19H,7-8H2,1H3,(H,22,32)(H,23,31)(H,26,33)(H,35,36)/t11?,13?,19-/m0/s1. The van der Waals surface area contributed by atoms with Gasteiger partial charge in [-0.05, 0) is 31.9 Å². The lowest BCUT2D eigenvalue weighted by atomic mass is 10.0. The second kappa shape index (κ2) is 10.7. The summed E-state index contributed by atoms with van der Waals surface area (Å²) in [5.74, 6) is -3.71. The normalized spacial score (nSPS) is 19.2. The summed E-state index contributed by atoms with van der Waals surface area (Å²) in [5, 5.41) is 42.1. The Hall–Kier alpha value is -4.45. The number of amides is 3. The summed E-state index contributed by atoms with van der Waals surface area (Å²) < 4.78 is 5.78. The molecule has 0 saturated carbocycles. The molecule has 3 aromatic rings. The van der Waals surface area contributed by atoms with E-state index in [2.05, 4.69) is 41.1 Å². The first-order valence-corrected chi connectivity index (χ1v) is 13.2. The molecule has 3 atom stereocenters. The topological polar surface area (TPSA) is 219 Å². The van der Waals surface area contributed by atoms with Crippen molar-refractivity contribution in [1.29, 1.82) is 0 Å². The average molecular weight is 574 g/mol. The van der Waals surface area contributed by atoms with Crippen LogP contribution in [0.25, 0.3) is 0 Å². The van der Waals surface area contributed by atoms with Gasteiger partial charge < -0.3 is 20.8 Å². The van der Waals surface area contributed by atoms with Gasteiger partial charge in [-0.15, -0.1) is 16.9 Å². The fourth-order valence-corrected chi connectivity index (χ4v) is 6.33. The van der Waals surface area contributed by atoms with Crippen LogP contribution in [0.15, 0.2) is 51.4 Å². The molecule has 2 aliphatic rings. The van der Waals surface area contributed by atoms with E-state index in [1.807, 2.05) is 0 Å².